The second-order valence-electron chi connectivity index (χ2n) is 5.58. The van der Waals surface area contributed by atoms with Crippen LogP contribution in [-0.2, 0) is 4.79 Å². The van der Waals surface area contributed by atoms with Gasteiger partial charge in [-0.2, -0.15) is 0 Å². The Balaban J connectivity index is 2.37. The van der Waals surface area contributed by atoms with Crippen molar-refractivity contribution in [1.29, 1.82) is 0 Å². The molecule has 4 atom stereocenters. The summed E-state index contributed by atoms with van der Waals surface area (Å²) in [5.74, 6) is -1.50. The van der Waals surface area contributed by atoms with Gasteiger partial charge >= 0.3 is 12.0 Å². The Labute approximate surface area is 114 Å². The molecule has 0 bridgehead atoms. The summed E-state index contributed by atoms with van der Waals surface area (Å²) < 4.78 is 0. The molecule has 2 amide bonds. The van der Waals surface area contributed by atoms with Crippen LogP contribution in [-0.4, -0.2) is 53.7 Å². The summed E-state index contributed by atoms with van der Waals surface area (Å²) in [7, 11) is 2.08. The number of carboxylic acid groups (broad SMARTS) is 1. The maximum Gasteiger partial charge on any atom is 0.315 e. The first kappa shape index (κ1) is 15.8. The highest BCUT2D eigenvalue weighted by Crippen LogP contribution is 2.15. The van der Waals surface area contributed by atoms with Gasteiger partial charge in [0.25, 0.3) is 0 Å². The van der Waals surface area contributed by atoms with E-state index in [1.165, 1.54) is 0 Å². The summed E-state index contributed by atoms with van der Waals surface area (Å²) in [6.07, 6.45) is 1.85. The highest BCUT2D eigenvalue weighted by molar-refractivity contribution is 5.76. The molecule has 1 fully saturated rings. The van der Waals surface area contributed by atoms with Crippen LogP contribution in [0, 0.1) is 5.92 Å². The SMILES string of the molecule is CC(NC(=O)NC1CCN(C)C(C)C1)C(C)C(=O)O. The van der Waals surface area contributed by atoms with Crippen molar-refractivity contribution in [3.8, 4) is 0 Å². The van der Waals surface area contributed by atoms with Crippen LogP contribution >= 0.6 is 0 Å². The Morgan fingerprint density at radius 1 is 1.37 bits per heavy atom. The number of amides is 2. The molecule has 0 spiro atoms. The average Bonchev–Trinajstić information content (AvgIpc) is 2.32. The summed E-state index contributed by atoms with van der Waals surface area (Å²) in [5, 5.41) is 14.5. The van der Waals surface area contributed by atoms with Gasteiger partial charge < -0.3 is 20.6 Å². The Morgan fingerprint density at radius 2 is 2.00 bits per heavy atom. The number of urea groups is 1. The number of likely N-dealkylation sites (tertiary alicyclic amines) is 1. The van der Waals surface area contributed by atoms with E-state index in [9.17, 15) is 9.59 Å². The smallest absolute Gasteiger partial charge is 0.315 e. The van der Waals surface area contributed by atoms with Crippen molar-refractivity contribution in [2.75, 3.05) is 13.6 Å². The molecule has 3 N–H and O–H groups in total. The second kappa shape index (κ2) is 6.75. The first-order chi connectivity index (χ1) is 8.81. The predicted octanol–water partition coefficient (Wildman–Crippen LogP) is 0.878. The van der Waals surface area contributed by atoms with Crippen LogP contribution in [0.25, 0.3) is 0 Å². The normalized spacial score (nSPS) is 27.4. The van der Waals surface area contributed by atoms with Gasteiger partial charge in [0.1, 0.15) is 0 Å². The molecular weight excluding hydrogens is 246 g/mol. The predicted molar refractivity (Wildman–Crippen MR) is 73.0 cm³/mol. The fourth-order valence-electron chi connectivity index (χ4n) is 2.19. The van der Waals surface area contributed by atoms with E-state index in [4.69, 9.17) is 5.11 Å². The van der Waals surface area contributed by atoms with Gasteiger partial charge in [-0.3, -0.25) is 4.79 Å². The van der Waals surface area contributed by atoms with E-state index in [0.29, 0.717) is 6.04 Å². The molecule has 1 saturated heterocycles. The van der Waals surface area contributed by atoms with Crippen LogP contribution in [0.4, 0.5) is 4.79 Å². The Bertz CT molecular complexity index is 335. The third kappa shape index (κ3) is 4.70. The van der Waals surface area contributed by atoms with Gasteiger partial charge in [-0.1, -0.05) is 0 Å². The zero-order valence-corrected chi connectivity index (χ0v) is 12.1. The number of nitrogens with zero attached hydrogens (tertiary/aromatic N) is 1. The lowest BCUT2D eigenvalue weighted by Crippen LogP contribution is -2.52. The highest BCUT2D eigenvalue weighted by atomic mass is 16.4. The zero-order valence-electron chi connectivity index (χ0n) is 12.1. The Hall–Kier alpha value is -1.30. The number of aliphatic carboxylic acids is 1. The monoisotopic (exact) mass is 271 g/mol. The fraction of sp³-hybridized carbons (Fsp3) is 0.846. The molecule has 0 radical (unpaired) electrons. The van der Waals surface area contributed by atoms with E-state index >= 15 is 0 Å². The maximum atomic E-state index is 11.8. The number of carboxylic acids is 1. The molecule has 1 heterocycles. The molecule has 1 rings (SSSR count). The van der Waals surface area contributed by atoms with Gasteiger partial charge in [0.05, 0.1) is 5.92 Å². The number of hydrogen-bond donors (Lipinski definition) is 3. The number of piperidine rings is 1. The van der Waals surface area contributed by atoms with E-state index in [0.717, 1.165) is 19.4 Å². The van der Waals surface area contributed by atoms with Crippen LogP contribution in [0.2, 0.25) is 0 Å². The summed E-state index contributed by atoms with van der Waals surface area (Å²) in [6, 6.07) is -0.0449. The topological polar surface area (TPSA) is 81.7 Å². The first-order valence-corrected chi connectivity index (χ1v) is 6.81. The molecule has 0 aromatic carbocycles. The zero-order chi connectivity index (χ0) is 14.6. The van der Waals surface area contributed by atoms with E-state index in [1.54, 1.807) is 13.8 Å². The van der Waals surface area contributed by atoms with Crippen molar-refractivity contribution in [1.82, 2.24) is 15.5 Å². The van der Waals surface area contributed by atoms with E-state index in [-0.39, 0.29) is 18.1 Å². The minimum Gasteiger partial charge on any atom is -0.481 e. The lowest BCUT2D eigenvalue weighted by molar-refractivity contribution is -0.141. The van der Waals surface area contributed by atoms with Crippen molar-refractivity contribution in [2.24, 2.45) is 5.92 Å². The molecule has 0 aliphatic carbocycles. The van der Waals surface area contributed by atoms with Crippen LogP contribution in [0.15, 0.2) is 0 Å². The number of rotatable bonds is 4. The van der Waals surface area contributed by atoms with Gasteiger partial charge in [0.2, 0.25) is 0 Å². The standard InChI is InChI=1S/C13H25N3O3/c1-8-7-11(5-6-16(8)4)15-13(19)14-10(3)9(2)12(17)18/h8-11H,5-7H2,1-4H3,(H,17,18)(H2,14,15,19). The molecule has 19 heavy (non-hydrogen) atoms. The van der Waals surface area contributed by atoms with Crippen molar-refractivity contribution >= 4 is 12.0 Å². The molecule has 4 unspecified atom stereocenters. The third-order valence-corrected chi connectivity index (χ3v) is 4.04. The Morgan fingerprint density at radius 3 is 2.53 bits per heavy atom. The van der Waals surface area contributed by atoms with Crippen molar-refractivity contribution in [2.45, 2.75) is 51.7 Å². The quantitative estimate of drug-likeness (QED) is 0.709. The summed E-state index contributed by atoms with van der Waals surface area (Å²) in [5.41, 5.74) is 0. The average molecular weight is 271 g/mol. The number of hydrogen-bond acceptors (Lipinski definition) is 3. The van der Waals surface area contributed by atoms with Crippen LogP contribution in [0.1, 0.15) is 33.6 Å². The molecule has 6 heteroatoms. The van der Waals surface area contributed by atoms with E-state index < -0.39 is 11.9 Å². The van der Waals surface area contributed by atoms with Gasteiger partial charge in [-0.25, -0.2) is 4.79 Å². The minimum atomic E-state index is -0.902. The molecule has 110 valence electrons. The molecule has 1 aliphatic heterocycles. The molecule has 6 nitrogen and oxygen atoms in total. The largest absolute Gasteiger partial charge is 0.481 e. The number of carbonyl (C=O) groups excluding carboxylic acids is 1. The van der Waals surface area contributed by atoms with Gasteiger partial charge in [0, 0.05) is 24.7 Å². The number of carbonyl (C=O) groups is 2. The van der Waals surface area contributed by atoms with Gasteiger partial charge in [-0.15, -0.1) is 0 Å². The third-order valence-electron chi connectivity index (χ3n) is 4.04. The molecule has 0 aromatic rings. The lowest BCUT2D eigenvalue weighted by Gasteiger charge is -2.35. The first-order valence-electron chi connectivity index (χ1n) is 6.81. The van der Waals surface area contributed by atoms with Crippen LogP contribution < -0.4 is 10.6 Å². The van der Waals surface area contributed by atoms with Crippen molar-refractivity contribution < 1.29 is 14.7 Å². The summed E-state index contributed by atoms with van der Waals surface area (Å²) in [4.78, 5) is 24.9. The molecule has 1 aliphatic rings. The van der Waals surface area contributed by atoms with Gasteiger partial charge in [-0.05, 0) is 40.7 Å². The summed E-state index contributed by atoms with van der Waals surface area (Å²) in [6.45, 7) is 6.40. The fourth-order valence-corrected chi connectivity index (χ4v) is 2.19. The minimum absolute atomic E-state index is 0.165. The van der Waals surface area contributed by atoms with Crippen molar-refractivity contribution in [3.63, 3.8) is 0 Å². The molecule has 0 saturated carbocycles. The maximum absolute atomic E-state index is 11.8. The molecule has 0 aromatic heterocycles. The van der Waals surface area contributed by atoms with E-state index in [1.807, 2.05) is 0 Å². The summed E-state index contributed by atoms with van der Waals surface area (Å²) >= 11 is 0. The van der Waals surface area contributed by atoms with Crippen LogP contribution in [0.3, 0.4) is 0 Å². The highest BCUT2D eigenvalue weighted by Gasteiger charge is 2.25. The van der Waals surface area contributed by atoms with Gasteiger partial charge in [0.15, 0.2) is 0 Å². The number of nitrogens with one attached hydrogen (secondary N) is 2. The Kier molecular flexibility index (Phi) is 5.60. The lowest BCUT2D eigenvalue weighted by atomic mass is 9.99. The molecular formula is C13H25N3O3. The van der Waals surface area contributed by atoms with Crippen molar-refractivity contribution in [3.05, 3.63) is 0 Å². The van der Waals surface area contributed by atoms with Crippen LogP contribution in [0.5, 0.6) is 0 Å². The second-order valence-corrected chi connectivity index (χ2v) is 5.58. The van der Waals surface area contributed by atoms with E-state index in [2.05, 4.69) is 29.5 Å².